The highest BCUT2D eigenvalue weighted by Gasteiger charge is 2.27. The molecule has 0 aromatic heterocycles. The van der Waals surface area contributed by atoms with Gasteiger partial charge in [-0.3, -0.25) is 9.69 Å². The van der Waals surface area contributed by atoms with E-state index in [2.05, 4.69) is 14.9 Å². The van der Waals surface area contributed by atoms with Crippen molar-refractivity contribution in [3.8, 4) is 0 Å². The van der Waals surface area contributed by atoms with E-state index in [-0.39, 0.29) is 18.0 Å². The van der Waals surface area contributed by atoms with Crippen molar-refractivity contribution in [2.24, 2.45) is 0 Å². The minimum atomic E-state index is -3.18. The number of hydrogen-bond acceptors (Lipinski definition) is 4. The summed E-state index contributed by atoms with van der Waals surface area (Å²) in [5.41, 5.74) is 0.786. The summed E-state index contributed by atoms with van der Waals surface area (Å²) in [4.78, 5) is 14.7. The Morgan fingerprint density at radius 3 is 2.42 bits per heavy atom. The van der Waals surface area contributed by atoms with Crippen LogP contribution in [0.2, 0.25) is 0 Å². The van der Waals surface area contributed by atoms with Gasteiger partial charge in [0.05, 0.1) is 12.3 Å². The Bertz CT molecular complexity index is 890. The number of piperidine rings is 1. The number of anilines is 1. The predicted molar refractivity (Wildman–Crippen MR) is 105 cm³/mol. The molecular weight excluding hydrogens is 350 g/mol. The lowest BCUT2D eigenvalue weighted by molar-refractivity contribution is -0.121. The number of fused-ring (bicyclic) bond motifs is 1. The SMILES string of the molecule is CC(C(=O)Nc1ccc2ccccc2c1)N1CCC(NS(C)(=O)=O)CC1. The highest BCUT2D eigenvalue weighted by atomic mass is 32.2. The second-order valence-corrected chi connectivity index (χ2v) is 8.71. The van der Waals surface area contributed by atoms with Gasteiger partial charge in [0.1, 0.15) is 0 Å². The van der Waals surface area contributed by atoms with E-state index in [1.54, 1.807) is 0 Å². The van der Waals surface area contributed by atoms with Gasteiger partial charge in [-0.2, -0.15) is 0 Å². The van der Waals surface area contributed by atoms with Crippen molar-refractivity contribution >= 4 is 32.4 Å². The third-order valence-corrected chi connectivity index (χ3v) is 5.62. The maximum absolute atomic E-state index is 12.6. The molecule has 1 unspecified atom stereocenters. The molecule has 0 radical (unpaired) electrons. The molecule has 0 saturated carbocycles. The molecule has 1 amide bonds. The minimum absolute atomic E-state index is 0.0444. The summed E-state index contributed by atoms with van der Waals surface area (Å²) in [7, 11) is -3.18. The van der Waals surface area contributed by atoms with E-state index in [0.29, 0.717) is 25.9 Å². The molecule has 3 rings (SSSR count). The monoisotopic (exact) mass is 375 g/mol. The highest BCUT2D eigenvalue weighted by molar-refractivity contribution is 7.88. The van der Waals surface area contributed by atoms with Crippen LogP contribution in [0.15, 0.2) is 42.5 Å². The van der Waals surface area contributed by atoms with Crippen LogP contribution in [0, 0.1) is 0 Å². The molecule has 1 atom stereocenters. The number of nitrogens with zero attached hydrogens (tertiary/aromatic N) is 1. The number of likely N-dealkylation sites (tertiary alicyclic amines) is 1. The Kier molecular flexibility index (Phi) is 5.60. The Balaban J connectivity index is 1.57. The fourth-order valence-electron chi connectivity index (χ4n) is 3.39. The number of nitrogens with one attached hydrogen (secondary N) is 2. The summed E-state index contributed by atoms with van der Waals surface area (Å²) in [5.74, 6) is -0.0465. The van der Waals surface area contributed by atoms with E-state index in [9.17, 15) is 13.2 Å². The normalized spacial score (nSPS) is 17.9. The summed E-state index contributed by atoms with van der Waals surface area (Å²) in [5, 5.41) is 5.21. The molecule has 2 aromatic rings. The van der Waals surface area contributed by atoms with Crippen LogP contribution in [-0.2, 0) is 14.8 Å². The fourth-order valence-corrected chi connectivity index (χ4v) is 4.23. The lowest BCUT2D eigenvalue weighted by Gasteiger charge is -2.35. The summed E-state index contributed by atoms with van der Waals surface area (Å²) in [6.45, 7) is 3.28. The second kappa shape index (κ2) is 7.73. The van der Waals surface area contributed by atoms with E-state index < -0.39 is 10.0 Å². The van der Waals surface area contributed by atoms with Gasteiger partial charge in [-0.1, -0.05) is 30.3 Å². The van der Waals surface area contributed by atoms with Gasteiger partial charge < -0.3 is 5.32 Å². The number of rotatable bonds is 5. The van der Waals surface area contributed by atoms with Gasteiger partial charge in [0.15, 0.2) is 0 Å². The van der Waals surface area contributed by atoms with Crippen molar-refractivity contribution < 1.29 is 13.2 Å². The predicted octanol–water partition coefficient (Wildman–Crippen LogP) is 2.18. The Morgan fingerprint density at radius 1 is 1.12 bits per heavy atom. The first-order valence-electron chi connectivity index (χ1n) is 8.83. The number of amides is 1. The maximum atomic E-state index is 12.6. The van der Waals surface area contributed by atoms with Crippen molar-refractivity contribution in [2.75, 3.05) is 24.7 Å². The zero-order valence-electron chi connectivity index (χ0n) is 15.1. The van der Waals surface area contributed by atoms with Gasteiger partial charge in [-0.05, 0) is 42.7 Å². The molecule has 140 valence electrons. The van der Waals surface area contributed by atoms with Crippen molar-refractivity contribution in [2.45, 2.75) is 31.8 Å². The number of sulfonamides is 1. The van der Waals surface area contributed by atoms with Crippen molar-refractivity contribution in [1.82, 2.24) is 9.62 Å². The zero-order chi connectivity index (χ0) is 18.7. The first kappa shape index (κ1) is 18.8. The number of benzene rings is 2. The maximum Gasteiger partial charge on any atom is 0.241 e. The topological polar surface area (TPSA) is 78.5 Å². The van der Waals surface area contributed by atoms with Gasteiger partial charge in [0, 0.05) is 24.8 Å². The van der Waals surface area contributed by atoms with Crippen LogP contribution in [0.25, 0.3) is 10.8 Å². The molecule has 0 aliphatic carbocycles. The highest BCUT2D eigenvalue weighted by Crippen LogP contribution is 2.20. The van der Waals surface area contributed by atoms with Crippen LogP contribution in [-0.4, -0.2) is 50.7 Å². The van der Waals surface area contributed by atoms with Crippen LogP contribution in [0.3, 0.4) is 0 Å². The minimum Gasteiger partial charge on any atom is -0.325 e. The molecule has 6 nitrogen and oxygen atoms in total. The summed E-state index contributed by atoms with van der Waals surface area (Å²) in [6, 6.07) is 13.6. The van der Waals surface area contributed by atoms with Gasteiger partial charge in [0.2, 0.25) is 15.9 Å². The average molecular weight is 375 g/mol. The molecule has 0 bridgehead atoms. The standard InChI is InChI=1S/C19H25N3O3S/c1-14(22-11-9-17(10-12-22)21-26(2,24)25)19(23)20-18-8-7-15-5-3-4-6-16(15)13-18/h3-8,13-14,17,21H,9-12H2,1-2H3,(H,20,23). The quantitative estimate of drug-likeness (QED) is 0.840. The largest absolute Gasteiger partial charge is 0.325 e. The van der Waals surface area contributed by atoms with Crippen LogP contribution >= 0.6 is 0 Å². The lowest BCUT2D eigenvalue weighted by Crippen LogP contribution is -2.50. The van der Waals surface area contributed by atoms with Gasteiger partial charge in [-0.15, -0.1) is 0 Å². The van der Waals surface area contributed by atoms with E-state index >= 15 is 0 Å². The van der Waals surface area contributed by atoms with Crippen LogP contribution in [0.4, 0.5) is 5.69 Å². The summed E-state index contributed by atoms with van der Waals surface area (Å²) < 4.78 is 25.3. The van der Waals surface area contributed by atoms with Gasteiger partial charge >= 0.3 is 0 Å². The average Bonchev–Trinajstić information content (AvgIpc) is 2.60. The van der Waals surface area contributed by atoms with Crippen molar-refractivity contribution in [1.29, 1.82) is 0 Å². The summed E-state index contributed by atoms with van der Waals surface area (Å²) in [6.07, 6.45) is 2.60. The molecule has 1 saturated heterocycles. The lowest BCUT2D eigenvalue weighted by atomic mass is 10.0. The molecule has 2 aromatic carbocycles. The molecule has 1 aliphatic heterocycles. The smallest absolute Gasteiger partial charge is 0.241 e. The van der Waals surface area contributed by atoms with Crippen LogP contribution in [0.1, 0.15) is 19.8 Å². The van der Waals surface area contributed by atoms with Crippen LogP contribution < -0.4 is 10.0 Å². The number of carbonyl (C=O) groups excluding carboxylic acids is 1. The molecule has 2 N–H and O–H groups in total. The fraction of sp³-hybridized carbons (Fsp3) is 0.421. The zero-order valence-corrected chi connectivity index (χ0v) is 15.9. The van der Waals surface area contributed by atoms with E-state index in [0.717, 1.165) is 16.5 Å². The number of carbonyl (C=O) groups is 1. The van der Waals surface area contributed by atoms with Crippen molar-refractivity contribution in [3.05, 3.63) is 42.5 Å². The molecule has 0 spiro atoms. The second-order valence-electron chi connectivity index (χ2n) is 6.93. The third kappa shape index (κ3) is 4.81. The van der Waals surface area contributed by atoms with Gasteiger partial charge in [0.25, 0.3) is 0 Å². The number of hydrogen-bond donors (Lipinski definition) is 2. The van der Waals surface area contributed by atoms with Gasteiger partial charge in [-0.25, -0.2) is 13.1 Å². The molecular formula is C19H25N3O3S. The van der Waals surface area contributed by atoms with E-state index in [1.807, 2.05) is 49.4 Å². The molecule has 1 aliphatic rings. The van der Waals surface area contributed by atoms with E-state index in [4.69, 9.17) is 0 Å². The Morgan fingerprint density at radius 2 is 1.77 bits per heavy atom. The first-order valence-corrected chi connectivity index (χ1v) is 10.7. The molecule has 26 heavy (non-hydrogen) atoms. The molecule has 7 heteroatoms. The third-order valence-electron chi connectivity index (χ3n) is 4.85. The Labute approximate surface area is 154 Å². The molecule has 1 heterocycles. The van der Waals surface area contributed by atoms with Crippen LogP contribution in [0.5, 0.6) is 0 Å². The first-order chi connectivity index (χ1) is 12.3. The Hall–Kier alpha value is -1.96. The summed E-state index contributed by atoms with van der Waals surface area (Å²) >= 11 is 0. The molecule has 1 fully saturated rings. The van der Waals surface area contributed by atoms with Crippen molar-refractivity contribution in [3.63, 3.8) is 0 Å². The van der Waals surface area contributed by atoms with E-state index in [1.165, 1.54) is 6.26 Å².